The Hall–Kier alpha value is -1.64. The second-order valence-electron chi connectivity index (χ2n) is 4.49. The normalized spacial score (nSPS) is 13.3. The Morgan fingerprint density at radius 2 is 1.90 bits per heavy atom. The minimum Gasteiger partial charge on any atom is -0.490 e. The van der Waals surface area contributed by atoms with Crippen LogP contribution < -0.4 is 9.47 Å². The molecule has 21 heavy (non-hydrogen) atoms. The number of halogens is 1. The highest BCUT2D eigenvalue weighted by Crippen LogP contribution is 2.38. The number of hydrogen-bond donors (Lipinski definition) is 0. The van der Waals surface area contributed by atoms with Gasteiger partial charge in [0.25, 0.3) is 0 Å². The van der Waals surface area contributed by atoms with Gasteiger partial charge in [-0.15, -0.1) is 0 Å². The molecule has 0 aromatic heterocycles. The molecule has 0 saturated carbocycles. The zero-order valence-electron chi connectivity index (χ0n) is 11.1. The van der Waals surface area contributed by atoms with Crippen LogP contribution in [0.5, 0.6) is 11.5 Å². The second-order valence-corrected chi connectivity index (χ2v) is 6.46. The first-order chi connectivity index (χ1) is 10.3. The van der Waals surface area contributed by atoms with E-state index in [1.807, 2.05) is 36.4 Å². The lowest BCUT2D eigenvalue weighted by Crippen LogP contribution is -1.97. The quantitative estimate of drug-likeness (QED) is 0.781. The van der Waals surface area contributed by atoms with Crippen molar-refractivity contribution in [3.8, 4) is 17.6 Å². The molecule has 0 radical (unpaired) electrons. The molecule has 0 fully saturated rings. The van der Waals surface area contributed by atoms with Crippen molar-refractivity contribution in [1.82, 2.24) is 0 Å². The first-order valence-electron chi connectivity index (χ1n) is 6.54. The topological polar surface area (TPSA) is 42.2 Å². The van der Waals surface area contributed by atoms with Crippen LogP contribution in [0, 0.1) is 11.3 Å². The van der Waals surface area contributed by atoms with E-state index in [4.69, 9.17) is 9.47 Å². The summed E-state index contributed by atoms with van der Waals surface area (Å²) in [5, 5.41) is 9.27. The SMILES string of the molecule is N#Cc1c(Br)cccc1Sc1ccc2c(c1)OCCCO2. The van der Waals surface area contributed by atoms with Crippen molar-refractivity contribution in [3.63, 3.8) is 0 Å². The lowest BCUT2D eigenvalue weighted by Gasteiger charge is -2.10. The zero-order valence-corrected chi connectivity index (χ0v) is 13.5. The van der Waals surface area contributed by atoms with Gasteiger partial charge in [0.1, 0.15) is 6.07 Å². The van der Waals surface area contributed by atoms with E-state index in [2.05, 4.69) is 22.0 Å². The zero-order chi connectivity index (χ0) is 14.7. The molecule has 0 saturated heterocycles. The maximum atomic E-state index is 9.27. The van der Waals surface area contributed by atoms with Crippen LogP contribution in [0.3, 0.4) is 0 Å². The molecule has 5 heteroatoms. The highest BCUT2D eigenvalue weighted by atomic mass is 79.9. The van der Waals surface area contributed by atoms with Crippen molar-refractivity contribution in [2.75, 3.05) is 13.2 Å². The predicted molar refractivity (Wildman–Crippen MR) is 85.0 cm³/mol. The van der Waals surface area contributed by atoms with E-state index in [1.165, 1.54) is 0 Å². The third kappa shape index (κ3) is 3.17. The van der Waals surface area contributed by atoms with Gasteiger partial charge < -0.3 is 9.47 Å². The van der Waals surface area contributed by atoms with Gasteiger partial charge in [-0.05, 0) is 46.3 Å². The molecule has 0 unspecified atom stereocenters. The van der Waals surface area contributed by atoms with Gasteiger partial charge in [0.2, 0.25) is 0 Å². The molecule has 0 atom stereocenters. The van der Waals surface area contributed by atoms with Crippen LogP contribution in [-0.4, -0.2) is 13.2 Å². The summed E-state index contributed by atoms with van der Waals surface area (Å²) in [6.07, 6.45) is 0.890. The lowest BCUT2D eigenvalue weighted by atomic mass is 10.2. The van der Waals surface area contributed by atoms with Crippen molar-refractivity contribution < 1.29 is 9.47 Å². The molecule has 2 aromatic carbocycles. The Labute approximate surface area is 136 Å². The molecule has 3 nitrogen and oxygen atoms in total. The Morgan fingerprint density at radius 3 is 2.71 bits per heavy atom. The molecule has 0 bridgehead atoms. The number of nitrogens with zero attached hydrogens (tertiary/aromatic N) is 1. The molecule has 0 aliphatic carbocycles. The van der Waals surface area contributed by atoms with Gasteiger partial charge in [0, 0.05) is 20.7 Å². The molecular formula is C16H12BrNO2S. The molecule has 1 heterocycles. The number of benzene rings is 2. The minimum atomic E-state index is 0.648. The van der Waals surface area contributed by atoms with Crippen molar-refractivity contribution >= 4 is 27.7 Å². The monoisotopic (exact) mass is 361 g/mol. The molecule has 0 N–H and O–H groups in total. The van der Waals surface area contributed by atoms with Crippen LogP contribution in [0.4, 0.5) is 0 Å². The van der Waals surface area contributed by atoms with Gasteiger partial charge in [0.05, 0.1) is 18.8 Å². The summed E-state index contributed by atoms with van der Waals surface area (Å²) >= 11 is 4.96. The standard InChI is InChI=1S/C16H12BrNO2S/c17-13-3-1-4-16(12(13)10-18)21-11-5-6-14-15(9-11)20-8-2-7-19-14/h1,3-6,9H,2,7-8H2. The van der Waals surface area contributed by atoms with E-state index in [0.29, 0.717) is 18.8 Å². The Kier molecular flexibility index (Phi) is 4.37. The highest BCUT2D eigenvalue weighted by molar-refractivity contribution is 9.10. The van der Waals surface area contributed by atoms with E-state index in [0.717, 1.165) is 32.2 Å². The smallest absolute Gasteiger partial charge is 0.162 e. The van der Waals surface area contributed by atoms with Crippen LogP contribution in [0.25, 0.3) is 0 Å². The number of rotatable bonds is 2. The molecule has 2 aromatic rings. The average Bonchev–Trinajstić information content (AvgIpc) is 2.72. The molecule has 0 amide bonds. The Morgan fingerprint density at radius 1 is 1.10 bits per heavy atom. The summed E-state index contributed by atoms with van der Waals surface area (Å²) in [6, 6.07) is 13.8. The number of ether oxygens (including phenoxy) is 2. The molecule has 106 valence electrons. The number of hydrogen-bond acceptors (Lipinski definition) is 4. The van der Waals surface area contributed by atoms with Crippen molar-refractivity contribution in [3.05, 3.63) is 46.4 Å². The first-order valence-corrected chi connectivity index (χ1v) is 8.15. The predicted octanol–water partition coefficient (Wildman–Crippen LogP) is 4.63. The number of nitriles is 1. The summed E-state index contributed by atoms with van der Waals surface area (Å²) in [5.74, 6) is 1.55. The van der Waals surface area contributed by atoms with E-state index < -0.39 is 0 Å². The van der Waals surface area contributed by atoms with Crippen molar-refractivity contribution in [2.45, 2.75) is 16.2 Å². The third-order valence-electron chi connectivity index (χ3n) is 3.03. The average molecular weight is 362 g/mol. The summed E-state index contributed by atoms with van der Waals surface area (Å²) in [5.41, 5.74) is 0.648. The fourth-order valence-electron chi connectivity index (χ4n) is 2.03. The van der Waals surface area contributed by atoms with Crippen molar-refractivity contribution in [2.24, 2.45) is 0 Å². The summed E-state index contributed by atoms with van der Waals surface area (Å²) in [7, 11) is 0. The van der Waals surface area contributed by atoms with E-state index in [1.54, 1.807) is 11.8 Å². The molecule has 1 aliphatic heterocycles. The largest absolute Gasteiger partial charge is 0.490 e. The first kappa shape index (κ1) is 14.3. The van der Waals surface area contributed by atoms with Crippen molar-refractivity contribution in [1.29, 1.82) is 5.26 Å². The maximum absolute atomic E-state index is 9.27. The highest BCUT2D eigenvalue weighted by Gasteiger charge is 2.13. The molecule has 3 rings (SSSR count). The molecule has 0 spiro atoms. The van der Waals surface area contributed by atoms with Gasteiger partial charge in [-0.1, -0.05) is 17.8 Å². The van der Waals surface area contributed by atoms with E-state index in [-0.39, 0.29) is 0 Å². The van der Waals surface area contributed by atoms with E-state index >= 15 is 0 Å². The Bertz CT molecular complexity index is 712. The third-order valence-corrected chi connectivity index (χ3v) is 4.74. The maximum Gasteiger partial charge on any atom is 0.162 e. The summed E-state index contributed by atoms with van der Waals surface area (Å²) in [6.45, 7) is 1.35. The van der Waals surface area contributed by atoms with Crippen LogP contribution in [0.15, 0.2) is 50.7 Å². The molecular weight excluding hydrogens is 350 g/mol. The summed E-state index contributed by atoms with van der Waals surface area (Å²) in [4.78, 5) is 1.94. The van der Waals surface area contributed by atoms with Crippen LogP contribution in [0.2, 0.25) is 0 Å². The van der Waals surface area contributed by atoms with Gasteiger partial charge >= 0.3 is 0 Å². The fourth-order valence-corrected chi connectivity index (χ4v) is 3.58. The summed E-state index contributed by atoms with van der Waals surface area (Å²) < 4.78 is 12.1. The van der Waals surface area contributed by atoms with Crippen LogP contribution in [0.1, 0.15) is 12.0 Å². The van der Waals surface area contributed by atoms with Crippen LogP contribution in [-0.2, 0) is 0 Å². The fraction of sp³-hybridized carbons (Fsp3) is 0.188. The van der Waals surface area contributed by atoms with Gasteiger partial charge in [-0.2, -0.15) is 5.26 Å². The minimum absolute atomic E-state index is 0.648. The number of fused-ring (bicyclic) bond motifs is 1. The van der Waals surface area contributed by atoms with Gasteiger partial charge in [0.15, 0.2) is 11.5 Å². The Balaban J connectivity index is 1.91. The second kappa shape index (κ2) is 6.42. The van der Waals surface area contributed by atoms with Gasteiger partial charge in [-0.3, -0.25) is 0 Å². The van der Waals surface area contributed by atoms with Crippen LogP contribution >= 0.6 is 27.7 Å². The molecule has 1 aliphatic rings. The lowest BCUT2D eigenvalue weighted by molar-refractivity contribution is 0.297. The van der Waals surface area contributed by atoms with E-state index in [9.17, 15) is 5.26 Å². The van der Waals surface area contributed by atoms with Gasteiger partial charge in [-0.25, -0.2) is 0 Å².